The normalized spacial score (nSPS) is 11.3. The number of fused-ring (bicyclic) bond motifs is 2. The molecule has 77 heavy (non-hydrogen) atoms. The van der Waals surface area contributed by atoms with Crippen molar-refractivity contribution >= 4 is 89.2 Å². The molecule has 6 aromatic heterocycles. The molecule has 0 spiro atoms. The van der Waals surface area contributed by atoms with E-state index in [1.165, 1.54) is 10.8 Å². The molecule has 10 rings (SSSR count). The van der Waals surface area contributed by atoms with Gasteiger partial charge in [0, 0.05) is 49.2 Å². The molecule has 0 bridgehead atoms. The number of H-pyrrole nitrogens is 2. The van der Waals surface area contributed by atoms with Crippen LogP contribution >= 0.6 is 22.6 Å². The van der Waals surface area contributed by atoms with Gasteiger partial charge in [0.05, 0.1) is 50.8 Å². The predicted octanol–water partition coefficient (Wildman–Crippen LogP) is 7.07. The number of hydrogen-bond donors (Lipinski definition) is 6. The summed E-state index contributed by atoms with van der Waals surface area (Å²) < 4.78 is 65.7. The van der Waals surface area contributed by atoms with Crippen LogP contribution < -0.4 is 36.1 Å². The van der Waals surface area contributed by atoms with Crippen molar-refractivity contribution in [1.82, 2.24) is 40.2 Å². The summed E-state index contributed by atoms with van der Waals surface area (Å²) in [4.78, 5) is 26.2. The van der Waals surface area contributed by atoms with Crippen LogP contribution in [0, 0.1) is 31.3 Å². The summed E-state index contributed by atoms with van der Waals surface area (Å²) in [5.74, 6) is 1.76. The summed E-state index contributed by atoms with van der Waals surface area (Å²) in [6.07, 6.45) is 4.78. The molecular formula is C54H58BI2N10O8S2-. The zero-order valence-electron chi connectivity index (χ0n) is 43.6. The van der Waals surface area contributed by atoms with Crippen molar-refractivity contribution in [1.29, 1.82) is 0 Å². The molecular weight excluding hydrogens is 1250 g/mol. The van der Waals surface area contributed by atoms with Crippen molar-refractivity contribution in [2.24, 2.45) is 0 Å². The number of halogens is 2. The van der Waals surface area contributed by atoms with Crippen LogP contribution in [0.2, 0.25) is 0 Å². The first-order valence-corrected chi connectivity index (χ1v) is 32.3. The first-order valence-electron chi connectivity index (χ1n) is 24.3. The molecule has 10 aromatic rings. The summed E-state index contributed by atoms with van der Waals surface area (Å²) in [5, 5.41) is 26.4. The molecule has 0 unspecified atom stereocenters. The van der Waals surface area contributed by atoms with Gasteiger partial charge in [0.1, 0.15) is 17.0 Å². The molecule has 18 nitrogen and oxygen atoms in total. The fourth-order valence-electron chi connectivity index (χ4n) is 8.11. The SMILES string of the molecule is CCC[I-]C.CCS(=O)(=O)Nc1nc2c(-c3cccnc3-c3ccccc3)cc(-c3c(C)noc3C)cc2[nH]1.CCS(=O)(=O)Nc1nc2c(I)cc(-c3c(C)noc3C)cc2[nH]1.OB(O)c1cccnc1-c1ccccc1. The van der Waals surface area contributed by atoms with Gasteiger partial charge in [0.15, 0.2) is 0 Å². The third kappa shape index (κ3) is 14.5. The molecule has 0 saturated heterocycles. The Labute approximate surface area is 472 Å². The largest absolute Gasteiger partial charge is 0.490 e. The van der Waals surface area contributed by atoms with Crippen LogP contribution in [0.15, 0.2) is 131 Å². The van der Waals surface area contributed by atoms with Crippen LogP contribution in [-0.2, 0) is 20.0 Å². The number of imidazole rings is 2. The van der Waals surface area contributed by atoms with Gasteiger partial charge in [-0.1, -0.05) is 83.1 Å². The van der Waals surface area contributed by atoms with Crippen LogP contribution in [-0.4, -0.2) is 95.1 Å². The van der Waals surface area contributed by atoms with Gasteiger partial charge in [-0.15, -0.1) is 0 Å². The van der Waals surface area contributed by atoms with Gasteiger partial charge in [-0.25, -0.2) is 26.8 Å². The van der Waals surface area contributed by atoms with Crippen LogP contribution in [0.5, 0.6) is 0 Å². The Morgan fingerprint density at radius 1 is 0.610 bits per heavy atom. The Morgan fingerprint density at radius 2 is 1.09 bits per heavy atom. The van der Waals surface area contributed by atoms with E-state index in [9.17, 15) is 26.9 Å². The van der Waals surface area contributed by atoms with E-state index in [1.807, 2.05) is 125 Å². The maximum atomic E-state index is 12.2. The minimum Gasteiger partial charge on any atom is -0.423 e. The van der Waals surface area contributed by atoms with Crippen molar-refractivity contribution < 1.29 is 57.1 Å². The second kappa shape index (κ2) is 26.2. The number of nitrogens with zero attached hydrogens (tertiary/aromatic N) is 6. The number of pyridine rings is 2. The molecule has 0 radical (unpaired) electrons. The minimum absolute atomic E-state index is 0.00847. The number of anilines is 2. The van der Waals surface area contributed by atoms with E-state index in [-0.39, 0.29) is 23.4 Å². The molecule has 402 valence electrons. The zero-order chi connectivity index (χ0) is 55.4. The summed E-state index contributed by atoms with van der Waals surface area (Å²) in [6.45, 7) is 12.9. The van der Waals surface area contributed by atoms with Crippen molar-refractivity contribution in [2.75, 3.05) is 30.3 Å². The summed E-state index contributed by atoms with van der Waals surface area (Å²) in [6, 6.07) is 34.4. The molecule has 0 atom stereocenters. The average molecular weight is 1300 g/mol. The Morgan fingerprint density at radius 3 is 1.56 bits per heavy atom. The first-order chi connectivity index (χ1) is 36.9. The van der Waals surface area contributed by atoms with E-state index in [1.54, 1.807) is 38.4 Å². The third-order valence-corrected chi connectivity index (χ3v) is 17.2. The number of aryl methyl sites for hydroxylation is 4. The van der Waals surface area contributed by atoms with Gasteiger partial charge >= 0.3 is 51.0 Å². The monoisotopic (exact) mass is 1300 g/mol. The quantitative estimate of drug-likeness (QED) is 0.0361. The summed E-state index contributed by atoms with van der Waals surface area (Å²) in [7, 11) is -8.36. The number of sulfonamides is 2. The fourth-order valence-corrected chi connectivity index (χ4v) is 11.0. The van der Waals surface area contributed by atoms with E-state index in [4.69, 9.17) is 9.05 Å². The van der Waals surface area contributed by atoms with Gasteiger partial charge in [-0.3, -0.25) is 19.4 Å². The Kier molecular flexibility index (Phi) is 19.8. The van der Waals surface area contributed by atoms with Crippen LogP contribution in [0.1, 0.15) is 50.1 Å². The van der Waals surface area contributed by atoms with Gasteiger partial charge in [0.25, 0.3) is 0 Å². The summed E-state index contributed by atoms with van der Waals surface area (Å²) in [5.41, 5.74) is 13.4. The standard InChI is InChI=1S/C25H23N5O3S.C14H15IN4O3S.C11H10BNO2.C4H10I/c1-4-34(31,32)30-25-27-21-14-18(22-15(2)29-33-16(22)3)13-20(24(21)28-25)19-11-8-12-26-23(19)17-9-6-5-7-10-17;1-4-23(20,21)19-14-16-11-6-9(5-10(15)13(11)17-14)12-7(2)18-22-8(12)3;14-12(15)10-7-4-8-13-11(10)9-5-2-1-3-6-9;1-3-4-5-2/h5-14H,4H2,1-3H3,(H2,27,28,30);5-6H,4H2,1-3H3,(H2,16,17,19);1-8,14-15H;3-4H2,1-2H3/q;;;-1. The van der Waals surface area contributed by atoms with Crippen LogP contribution in [0.3, 0.4) is 0 Å². The number of benzene rings is 4. The van der Waals surface area contributed by atoms with Gasteiger partial charge in [-0.05, 0) is 117 Å². The van der Waals surface area contributed by atoms with E-state index >= 15 is 0 Å². The van der Waals surface area contributed by atoms with Gasteiger partial charge in [0.2, 0.25) is 31.9 Å². The molecule has 0 aliphatic rings. The molecule has 0 fully saturated rings. The molecule has 6 N–H and O–H groups in total. The number of rotatable bonds is 14. The zero-order valence-corrected chi connectivity index (χ0v) is 49.5. The number of aromatic amines is 2. The number of aromatic nitrogens is 8. The number of alkyl halides is 2. The fraction of sp³-hybridized carbons (Fsp3) is 0.222. The maximum absolute atomic E-state index is 12.2. The smallest absolute Gasteiger partial charge is 0.423 e. The second-order valence-electron chi connectivity index (χ2n) is 17.3. The first kappa shape index (κ1) is 58.2. The molecule has 0 aliphatic heterocycles. The molecule has 0 saturated carbocycles. The van der Waals surface area contributed by atoms with Crippen molar-refractivity contribution in [2.45, 2.75) is 54.9 Å². The summed E-state index contributed by atoms with van der Waals surface area (Å²) >= 11 is 2.79. The molecule has 23 heteroatoms. The third-order valence-electron chi connectivity index (χ3n) is 11.7. The van der Waals surface area contributed by atoms with E-state index in [0.29, 0.717) is 49.2 Å². The second-order valence-corrected chi connectivity index (χ2v) is 25.0. The topological polar surface area (TPSA) is 268 Å². The maximum Gasteiger partial charge on any atom is 0.490 e. The molecule has 0 aliphatic carbocycles. The average Bonchev–Trinajstić information content (AvgIpc) is 4.22. The number of nitrogens with one attached hydrogen (secondary N) is 4. The molecule has 6 heterocycles. The van der Waals surface area contributed by atoms with E-state index in [0.717, 1.165) is 82.0 Å². The minimum atomic E-state index is -3.50. The Hall–Kier alpha value is -6.52. The Balaban J connectivity index is 0.000000172. The van der Waals surface area contributed by atoms with Gasteiger partial charge in [-0.2, -0.15) is 0 Å². The van der Waals surface area contributed by atoms with E-state index < -0.39 is 27.2 Å². The Bertz CT molecular complexity index is 3790. The molecule has 0 amide bonds. The number of hydrogen-bond acceptors (Lipinski definition) is 14. The van der Waals surface area contributed by atoms with Crippen molar-refractivity contribution in [3.05, 3.63) is 148 Å². The van der Waals surface area contributed by atoms with E-state index in [2.05, 4.69) is 84.1 Å². The van der Waals surface area contributed by atoms with Crippen molar-refractivity contribution in [3.63, 3.8) is 0 Å². The predicted molar refractivity (Wildman–Crippen MR) is 310 cm³/mol. The van der Waals surface area contributed by atoms with Crippen LogP contribution in [0.4, 0.5) is 11.9 Å². The van der Waals surface area contributed by atoms with Crippen LogP contribution in [0.25, 0.3) is 78.0 Å². The van der Waals surface area contributed by atoms with Gasteiger partial charge < -0.3 is 29.1 Å². The molecule has 4 aromatic carbocycles. The van der Waals surface area contributed by atoms with Crippen molar-refractivity contribution in [3.8, 4) is 55.9 Å².